The standard InChI is InChI=1S/C43H23NO2S/c1-2-11-26-22-37-33(21-25(26)10-1)39-29(35-20-17-24-9-3-6-14-34(24)44-35)19-18-28(41(39)46-37)32-23-31-27-12-4-7-15-36(27)45-42(31)40-30-13-5-8-16-38(30)47-43(32)40/h1-23H. The van der Waals surface area contributed by atoms with Gasteiger partial charge in [0.2, 0.25) is 0 Å². The highest BCUT2D eigenvalue weighted by molar-refractivity contribution is 7.26. The van der Waals surface area contributed by atoms with E-state index in [2.05, 4.69) is 127 Å². The summed E-state index contributed by atoms with van der Waals surface area (Å²) in [6.45, 7) is 0. The Morgan fingerprint density at radius 2 is 1.17 bits per heavy atom. The van der Waals surface area contributed by atoms with E-state index in [1.165, 1.54) is 20.2 Å². The molecule has 0 atom stereocenters. The first-order valence-corrected chi connectivity index (χ1v) is 16.6. The fourth-order valence-electron chi connectivity index (χ4n) is 7.47. The lowest BCUT2D eigenvalue weighted by Gasteiger charge is -2.10. The average molecular weight is 618 g/mol. The Bertz CT molecular complexity index is 3090. The van der Waals surface area contributed by atoms with Crippen LogP contribution in [0.15, 0.2) is 148 Å². The van der Waals surface area contributed by atoms with Crippen LogP contribution in [0.2, 0.25) is 0 Å². The number of rotatable bonds is 2. The smallest absolute Gasteiger partial charge is 0.144 e. The number of thiophene rings is 1. The van der Waals surface area contributed by atoms with E-state index in [9.17, 15) is 0 Å². The van der Waals surface area contributed by atoms with Crippen LogP contribution in [0.25, 0.3) is 108 Å². The van der Waals surface area contributed by atoms with Crippen molar-refractivity contribution >= 4 is 97.1 Å². The molecule has 4 heterocycles. The van der Waals surface area contributed by atoms with Crippen LogP contribution >= 0.6 is 11.3 Å². The van der Waals surface area contributed by atoms with Gasteiger partial charge in [-0.05, 0) is 59.3 Å². The van der Waals surface area contributed by atoms with Crippen LogP contribution in [0.1, 0.15) is 0 Å². The van der Waals surface area contributed by atoms with Crippen LogP contribution < -0.4 is 0 Å². The average Bonchev–Trinajstić information content (AvgIpc) is 3.81. The number of aromatic nitrogens is 1. The van der Waals surface area contributed by atoms with Crippen LogP contribution in [-0.4, -0.2) is 4.98 Å². The van der Waals surface area contributed by atoms with Crippen LogP contribution in [0.5, 0.6) is 0 Å². The van der Waals surface area contributed by atoms with Crippen molar-refractivity contribution in [2.75, 3.05) is 0 Å². The second-order valence-electron chi connectivity index (χ2n) is 12.3. The quantitative estimate of drug-likeness (QED) is 0.194. The number of pyridine rings is 1. The topological polar surface area (TPSA) is 39.2 Å². The molecule has 4 heteroatoms. The maximum absolute atomic E-state index is 6.95. The fraction of sp³-hybridized carbons (Fsp3) is 0. The summed E-state index contributed by atoms with van der Waals surface area (Å²) in [4.78, 5) is 5.14. The lowest BCUT2D eigenvalue weighted by atomic mass is 9.94. The molecule has 0 aliphatic rings. The minimum atomic E-state index is 0.869. The van der Waals surface area contributed by atoms with Gasteiger partial charge in [-0.15, -0.1) is 11.3 Å². The van der Waals surface area contributed by atoms with Crippen molar-refractivity contribution in [2.24, 2.45) is 0 Å². The molecule has 0 spiro atoms. The first-order chi connectivity index (χ1) is 23.3. The van der Waals surface area contributed by atoms with Crippen molar-refractivity contribution in [3.8, 4) is 22.4 Å². The van der Waals surface area contributed by atoms with Crippen LogP contribution in [0, 0.1) is 0 Å². The number of nitrogens with zero attached hydrogens (tertiary/aromatic N) is 1. The van der Waals surface area contributed by atoms with Crippen molar-refractivity contribution in [2.45, 2.75) is 0 Å². The lowest BCUT2D eigenvalue weighted by Crippen LogP contribution is -1.88. The first kappa shape index (κ1) is 25.2. The lowest BCUT2D eigenvalue weighted by molar-refractivity contribution is 0.670. The van der Waals surface area contributed by atoms with Gasteiger partial charge in [-0.25, -0.2) is 4.98 Å². The summed E-state index contributed by atoms with van der Waals surface area (Å²) in [5.74, 6) is 0. The van der Waals surface area contributed by atoms with E-state index in [0.29, 0.717) is 0 Å². The number of fused-ring (bicyclic) bond motifs is 12. The largest absolute Gasteiger partial charge is 0.455 e. The maximum atomic E-state index is 6.95. The Morgan fingerprint density at radius 3 is 2.09 bits per heavy atom. The van der Waals surface area contributed by atoms with E-state index in [4.69, 9.17) is 13.8 Å². The van der Waals surface area contributed by atoms with Crippen molar-refractivity contribution in [1.82, 2.24) is 4.98 Å². The highest BCUT2D eigenvalue weighted by atomic mass is 32.1. The Labute approximate surface area is 271 Å². The molecule has 0 bridgehead atoms. The summed E-state index contributed by atoms with van der Waals surface area (Å²) in [7, 11) is 0. The molecule has 11 aromatic rings. The molecule has 0 N–H and O–H groups in total. The third-order valence-corrected chi connectivity index (χ3v) is 10.8. The molecule has 7 aromatic carbocycles. The summed E-state index contributed by atoms with van der Waals surface area (Å²) in [6, 6.07) is 49.3. The molecule has 0 radical (unpaired) electrons. The third kappa shape index (κ3) is 3.53. The van der Waals surface area contributed by atoms with Gasteiger partial charge >= 0.3 is 0 Å². The highest BCUT2D eigenvalue weighted by Crippen LogP contribution is 2.50. The van der Waals surface area contributed by atoms with Crippen LogP contribution in [0.3, 0.4) is 0 Å². The summed E-state index contributed by atoms with van der Waals surface area (Å²) in [5, 5.41) is 10.2. The Kier molecular flexibility index (Phi) is 4.99. The molecule has 0 unspecified atom stereocenters. The number of para-hydroxylation sites is 2. The van der Waals surface area contributed by atoms with E-state index < -0.39 is 0 Å². The molecule has 0 aliphatic heterocycles. The summed E-state index contributed by atoms with van der Waals surface area (Å²) in [5.41, 5.74) is 8.75. The second kappa shape index (κ2) is 9.29. The number of furan rings is 2. The predicted octanol–water partition coefficient (Wildman–Crippen LogP) is 12.9. The van der Waals surface area contributed by atoms with Crippen molar-refractivity contribution in [1.29, 1.82) is 0 Å². The molecule has 0 saturated heterocycles. The zero-order chi connectivity index (χ0) is 30.6. The number of hydrogen-bond acceptors (Lipinski definition) is 4. The van der Waals surface area contributed by atoms with Gasteiger partial charge in [0, 0.05) is 63.8 Å². The predicted molar refractivity (Wildman–Crippen MR) is 198 cm³/mol. The molecular weight excluding hydrogens is 595 g/mol. The van der Waals surface area contributed by atoms with E-state index in [1.807, 2.05) is 23.5 Å². The van der Waals surface area contributed by atoms with E-state index in [1.54, 1.807) is 0 Å². The molecule has 47 heavy (non-hydrogen) atoms. The maximum Gasteiger partial charge on any atom is 0.144 e. The molecule has 4 aromatic heterocycles. The minimum absolute atomic E-state index is 0.869. The van der Waals surface area contributed by atoms with E-state index in [0.717, 1.165) is 87.9 Å². The Balaban J connectivity index is 1.30. The molecule has 0 amide bonds. The van der Waals surface area contributed by atoms with Gasteiger partial charge in [0.25, 0.3) is 0 Å². The third-order valence-electron chi connectivity index (χ3n) is 9.64. The normalized spacial score (nSPS) is 12.3. The van der Waals surface area contributed by atoms with Gasteiger partial charge in [0.15, 0.2) is 0 Å². The molecular formula is C43H23NO2S. The van der Waals surface area contributed by atoms with Gasteiger partial charge in [0.1, 0.15) is 22.3 Å². The molecule has 0 fully saturated rings. The van der Waals surface area contributed by atoms with Gasteiger partial charge in [0.05, 0.1) is 11.2 Å². The fourth-order valence-corrected chi connectivity index (χ4v) is 8.70. The molecule has 3 nitrogen and oxygen atoms in total. The Hall–Kier alpha value is -5.97. The monoisotopic (exact) mass is 617 g/mol. The Morgan fingerprint density at radius 1 is 0.447 bits per heavy atom. The van der Waals surface area contributed by atoms with Crippen molar-refractivity contribution in [3.63, 3.8) is 0 Å². The minimum Gasteiger partial charge on any atom is -0.455 e. The van der Waals surface area contributed by atoms with Gasteiger partial charge in [-0.3, -0.25) is 0 Å². The zero-order valence-electron chi connectivity index (χ0n) is 25.0. The molecule has 11 rings (SSSR count). The summed E-state index contributed by atoms with van der Waals surface area (Å²) in [6.07, 6.45) is 0. The van der Waals surface area contributed by atoms with Gasteiger partial charge in [-0.1, -0.05) is 91.0 Å². The van der Waals surface area contributed by atoms with E-state index in [-0.39, 0.29) is 0 Å². The number of benzene rings is 7. The van der Waals surface area contributed by atoms with Crippen molar-refractivity contribution in [3.05, 3.63) is 140 Å². The van der Waals surface area contributed by atoms with Crippen LogP contribution in [-0.2, 0) is 0 Å². The first-order valence-electron chi connectivity index (χ1n) is 15.8. The molecule has 0 aliphatic carbocycles. The second-order valence-corrected chi connectivity index (χ2v) is 13.3. The molecule has 218 valence electrons. The SMILES string of the molecule is c1ccc2cc3c(cc2c1)oc1c(-c2cc4c5ccccc5oc4c4c2sc2ccccc24)ccc(-c2ccc4ccccc4n2)c13. The van der Waals surface area contributed by atoms with Gasteiger partial charge in [-0.2, -0.15) is 0 Å². The van der Waals surface area contributed by atoms with E-state index >= 15 is 0 Å². The number of hydrogen-bond donors (Lipinski definition) is 0. The highest BCUT2D eigenvalue weighted by Gasteiger charge is 2.24. The molecule has 0 saturated carbocycles. The summed E-state index contributed by atoms with van der Waals surface area (Å²) >= 11 is 1.81. The van der Waals surface area contributed by atoms with Crippen LogP contribution in [0.4, 0.5) is 0 Å². The summed E-state index contributed by atoms with van der Waals surface area (Å²) < 4.78 is 16.0. The zero-order valence-corrected chi connectivity index (χ0v) is 25.8. The van der Waals surface area contributed by atoms with Gasteiger partial charge < -0.3 is 8.83 Å². The van der Waals surface area contributed by atoms with Crippen molar-refractivity contribution < 1.29 is 8.83 Å².